The third kappa shape index (κ3) is 6.20. The molecule has 0 aliphatic rings. The van der Waals surface area contributed by atoms with Gasteiger partial charge in [0, 0.05) is 11.5 Å². The zero-order chi connectivity index (χ0) is 25.0. The first-order valence-corrected chi connectivity index (χ1v) is 12.9. The molecule has 0 fully saturated rings. The number of carbonyl (C=O) groups is 2. The molecule has 0 aliphatic carbocycles. The minimum atomic E-state index is -0.379. The number of hydrogen-bond donors (Lipinski definition) is 2. The number of thioether (sulfide) groups is 1. The molecule has 0 spiro atoms. The summed E-state index contributed by atoms with van der Waals surface area (Å²) in [7, 11) is 1.83. The van der Waals surface area contributed by atoms with E-state index in [9.17, 15) is 9.59 Å². The molecular weight excluding hydrogens is 538 g/mol. The van der Waals surface area contributed by atoms with E-state index >= 15 is 0 Å². The van der Waals surface area contributed by atoms with Crippen molar-refractivity contribution in [3.05, 3.63) is 68.4 Å². The fourth-order valence-corrected chi connectivity index (χ4v) is 4.81. The lowest BCUT2D eigenvalue weighted by Gasteiger charge is -2.22. The average molecular weight is 565 g/mol. The smallest absolute Gasteiger partial charge is 0.253 e. The van der Waals surface area contributed by atoms with Gasteiger partial charge in [-0.2, -0.15) is 0 Å². The Hall–Kier alpha value is -2.36. The van der Waals surface area contributed by atoms with Gasteiger partial charge in [-0.15, -0.1) is 10.2 Å². The molecule has 180 valence electrons. The molecular formula is C24H27BrClN5O2S. The van der Waals surface area contributed by atoms with E-state index in [0.717, 1.165) is 21.3 Å². The van der Waals surface area contributed by atoms with Gasteiger partial charge in [0.05, 0.1) is 28.1 Å². The fraction of sp³-hybridized carbons (Fsp3) is 0.333. The normalized spacial score (nSPS) is 12.0. The Bertz CT molecular complexity index is 1210. The van der Waals surface area contributed by atoms with Crippen LogP contribution in [0.2, 0.25) is 5.02 Å². The summed E-state index contributed by atoms with van der Waals surface area (Å²) in [6.07, 6.45) is 0. The molecule has 2 amide bonds. The molecule has 0 radical (unpaired) electrons. The molecule has 2 aromatic carbocycles. The van der Waals surface area contributed by atoms with E-state index in [0.29, 0.717) is 21.6 Å². The molecule has 3 aromatic rings. The maximum Gasteiger partial charge on any atom is 0.253 e. The molecule has 34 heavy (non-hydrogen) atoms. The average Bonchev–Trinajstić information content (AvgIpc) is 3.14. The second kappa shape index (κ2) is 11.4. The lowest BCUT2D eigenvalue weighted by atomic mass is 10.0. The van der Waals surface area contributed by atoms with Crippen LogP contribution in [0.25, 0.3) is 0 Å². The Labute approximate surface area is 217 Å². The molecule has 0 unspecified atom stereocenters. The highest BCUT2D eigenvalue weighted by molar-refractivity contribution is 9.10. The van der Waals surface area contributed by atoms with E-state index in [4.69, 9.17) is 11.6 Å². The number of benzene rings is 2. The summed E-state index contributed by atoms with van der Waals surface area (Å²) in [5, 5.41) is 15.5. The predicted octanol–water partition coefficient (Wildman–Crippen LogP) is 5.71. The molecule has 0 bridgehead atoms. The summed E-state index contributed by atoms with van der Waals surface area (Å²) < 4.78 is 2.64. The van der Waals surface area contributed by atoms with Gasteiger partial charge >= 0.3 is 0 Å². The summed E-state index contributed by atoms with van der Waals surface area (Å²) in [5.41, 5.74) is 3.38. The monoisotopic (exact) mass is 563 g/mol. The van der Waals surface area contributed by atoms with Crippen molar-refractivity contribution >= 4 is 56.8 Å². The number of rotatable bonds is 8. The second-order valence-corrected chi connectivity index (χ2v) is 10.5. The van der Waals surface area contributed by atoms with Crippen LogP contribution in [0.5, 0.6) is 0 Å². The lowest BCUT2D eigenvalue weighted by molar-refractivity contribution is -0.113. The second-order valence-electron chi connectivity index (χ2n) is 8.33. The van der Waals surface area contributed by atoms with Crippen molar-refractivity contribution in [1.82, 2.24) is 20.1 Å². The molecule has 7 nitrogen and oxygen atoms in total. The lowest BCUT2D eigenvalue weighted by Crippen LogP contribution is -2.33. The molecule has 0 saturated heterocycles. The first kappa shape index (κ1) is 26.2. The van der Waals surface area contributed by atoms with Crippen LogP contribution in [0.3, 0.4) is 0 Å². The number of aryl methyl sites for hydroxylation is 2. The minimum absolute atomic E-state index is 0.0533. The first-order valence-electron chi connectivity index (χ1n) is 10.7. The van der Waals surface area contributed by atoms with Crippen molar-refractivity contribution < 1.29 is 9.59 Å². The molecule has 1 atom stereocenters. The molecule has 2 N–H and O–H groups in total. The Morgan fingerprint density at radius 3 is 2.50 bits per heavy atom. The molecule has 1 heterocycles. The summed E-state index contributed by atoms with van der Waals surface area (Å²) in [6.45, 7) is 8.01. The van der Waals surface area contributed by atoms with Crippen LogP contribution in [-0.4, -0.2) is 32.3 Å². The van der Waals surface area contributed by atoms with Gasteiger partial charge in [0.25, 0.3) is 5.91 Å². The Morgan fingerprint density at radius 2 is 1.82 bits per heavy atom. The number of halogens is 2. The van der Waals surface area contributed by atoms with Crippen LogP contribution in [0.1, 0.15) is 47.2 Å². The summed E-state index contributed by atoms with van der Waals surface area (Å²) in [4.78, 5) is 25.4. The van der Waals surface area contributed by atoms with E-state index in [1.54, 1.807) is 28.8 Å². The van der Waals surface area contributed by atoms with Crippen molar-refractivity contribution in [2.24, 2.45) is 13.0 Å². The van der Waals surface area contributed by atoms with Crippen molar-refractivity contribution in [3.63, 3.8) is 0 Å². The van der Waals surface area contributed by atoms with Crippen LogP contribution in [0.4, 0.5) is 5.69 Å². The summed E-state index contributed by atoms with van der Waals surface area (Å²) >= 11 is 11.0. The van der Waals surface area contributed by atoms with Gasteiger partial charge in [-0.25, -0.2) is 0 Å². The van der Waals surface area contributed by atoms with Gasteiger partial charge in [0.2, 0.25) is 5.91 Å². The van der Waals surface area contributed by atoms with Crippen LogP contribution >= 0.6 is 39.3 Å². The van der Waals surface area contributed by atoms with Crippen molar-refractivity contribution in [2.75, 3.05) is 11.1 Å². The minimum Gasteiger partial charge on any atom is -0.342 e. The quantitative estimate of drug-likeness (QED) is 0.342. The molecule has 0 saturated carbocycles. The van der Waals surface area contributed by atoms with Gasteiger partial charge in [-0.3, -0.25) is 9.59 Å². The highest BCUT2D eigenvalue weighted by Gasteiger charge is 2.26. The van der Waals surface area contributed by atoms with E-state index in [1.165, 1.54) is 11.8 Å². The molecule has 10 heteroatoms. The number of nitrogens with zero attached hydrogens (tertiary/aromatic N) is 3. The maximum atomic E-state index is 12.8. The van der Waals surface area contributed by atoms with Gasteiger partial charge in [-0.1, -0.05) is 49.3 Å². The highest BCUT2D eigenvalue weighted by Crippen LogP contribution is 2.28. The zero-order valence-electron chi connectivity index (χ0n) is 19.6. The van der Waals surface area contributed by atoms with Crippen LogP contribution in [0, 0.1) is 19.8 Å². The summed E-state index contributed by atoms with van der Waals surface area (Å²) in [6, 6.07) is 10.5. The Balaban J connectivity index is 1.69. The van der Waals surface area contributed by atoms with E-state index in [1.807, 2.05) is 46.9 Å². The van der Waals surface area contributed by atoms with Crippen molar-refractivity contribution in [2.45, 2.75) is 38.9 Å². The number of hydrogen-bond acceptors (Lipinski definition) is 5. The molecule has 3 rings (SSSR count). The standard InChI is InChI=1S/C24H27BrClN5O2S/c1-13(2)21(28-23(33)16-8-6-7-9-18(16)26)22-29-30-24(31(22)5)34-12-20(32)27-19-11-15(4)14(3)10-17(19)25/h6-11,13,21H,12H2,1-5H3,(H,27,32)(H,28,33)/t21-/m1/s1. The number of carbonyl (C=O) groups excluding carboxylic acids is 2. The molecule has 0 aliphatic heterocycles. The highest BCUT2D eigenvalue weighted by atomic mass is 79.9. The third-order valence-electron chi connectivity index (χ3n) is 5.41. The number of anilines is 1. The largest absolute Gasteiger partial charge is 0.342 e. The number of aromatic nitrogens is 3. The predicted molar refractivity (Wildman–Crippen MR) is 140 cm³/mol. The van der Waals surface area contributed by atoms with Gasteiger partial charge in [-0.05, 0) is 71.1 Å². The van der Waals surface area contributed by atoms with E-state index < -0.39 is 0 Å². The first-order chi connectivity index (χ1) is 16.1. The topological polar surface area (TPSA) is 88.9 Å². The SMILES string of the molecule is Cc1cc(Br)c(NC(=O)CSc2nnc([C@H](NC(=O)c3ccccc3Cl)C(C)C)n2C)cc1C. The van der Waals surface area contributed by atoms with Crippen LogP contribution in [0.15, 0.2) is 46.0 Å². The summed E-state index contributed by atoms with van der Waals surface area (Å²) in [5.74, 6) is 0.405. The van der Waals surface area contributed by atoms with Crippen molar-refractivity contribution in [3.8, 4) is 0 Å². The zero-order valence-corrected chi connectivity index (χ0v) is 22.8. The molecule has 1 aromatic heterocycles. The van der Waals surface area contributed by atoms with Crippen LogP contribution in [-0.2, 0) is 11.8 Å². The fourth-order valence-electron chi connectivity index (χ4n) is 3.31. The van der Waals surface area contributed by atoms with Gasteiger partial charge < -0.3 is 15.2 Å². The van der Waals surface area contributed by atoms with E-state index in [2.05, 4.69) is 36.8 Å². The third-order valence-corrected chi connectivity index (χ3v) is 7.41. The van der Waals surface area contributed by atoms with Gasteiger partial charge in [0.1, 0.15) is 0 Å². The number of nitrogens with one attached hydrogen (secondary N) is 2. The van der Waals surface area contributed by atoms with Gasteiger partial charge in [0.15, 0.2) is 11.0 Å². The maximum absolute atomic E-state index is 12.8. The number of amides is 2. The Kier molecular flexibility index (Phi) is 8.78. The van der Waals surface area contributed by atoms with Crippen LogP contribution < -0.4 is 10.6 Å². The van der Waals surface area contributed by atoms with Crippen molar-refractivity contribution in [1.29, 1.82) is 0 Å². The Morgan fingerprint density at radius 1 is 1.15 bits per heavy atom. The van der Waals surface area contributed by atoms with E-state index in [-0.39, 0.29) is 29.5 Å².